The normalized spacial score (nSPS) is 17.9. The van der Waals surface area contributed by atoms with Crippen LogP contribution in [0, 0.1) is 0 Å². The first-order valence-electron chi connectivity index (χ1n) is 15.4. The van der Waals surface area contributed by atoms with Gasteiger partial charge in [-0.1, -0.05) is 46.4 Å². The molecule has 250 valence electrons. The molecule has 2 amide bonds. The van der Waals surface area contributed by atoms with Gasteiger partial charge in [-0.05, 0) is 68.1 Å². The Morgan fingerprint density at radius 2 is 1.36 bits per heavy atom. The molecule has 0 spiro atoms. The van der Waals surface area contributed by atoms with Crippen LogP contribution in [-0.4, -0.2) is 87.9 Å². The zero-order chi connectivity index (χ0) is 33.3. The molecule has 0 aliphatic carbocycles. The molecular formula is C32H37Cl4N9O2. The van der Waals surface area contributed by atoms with Gasteiger partial charge in [0.15, 0.2) is 0 Å². The van der Waals surface area contributed by atoms with Crippen molar-refractivity contribution in [2.45, 2.75) is 37.8 Å². The second-order valence-corrected chi connectivity index (χ2v) is 13.3. The van der Waals surface area contributed by atoms with Crippen molar-refractivity contribution in [2.75, 3.05) is 55.2 Å². The zero-order valence-corrected chi connectivity index (χ0v) is 28.6. The summed E-state index contributed by atoms with van der Waals surface area (Å²) in [5.41, 5.74) is 8.13. The fraction of sp³-hybridized carbons (Fsp3) is 0.375. The third kappa shape index (κ3) is 10.3. The standard InChI is InChI=1S/C19H20Cl2N6O.C13H17Cl2N3O/c20-12-6-13(21)8-15(7-12)23-9-17(28)27-5-1-2-14(10-27)26-19-16-3-4-22-18(16)24-11-25-19;14-9-4-10(15)6-12(5-9)17-7-13(19)18-3-1-2-11(16)8-18/h3-4,6-8,11,14,23H,1-2,5,9-10H2,(H2,22,24,25,26);4-6,11,17H,1-3,7-8,16H2/t14-;11-/m00/s1. The van der Waals surface area contributed by atoms with Crippen LogP contribution in [-0.2, 0) is 9.59 Å². The van der Waals surface area contributed by atoms with E-state index in [9.17, 15) is 9.59 Å². The van der Waals surface area contributed by atoms with E-state index in [-0.39, 0.29) is 37.0 Å². The molecule has 4 heterocycles. The SMILES string of the molecule is N[C@H]1CCCN(C(=O)CNc2cc(Cl)cc(Cl)c2)C1.O=C(CNc1cc(Cl)cc(Cl)c1)N1CCC[C@H](Nc2ncnc3[nH]ccc23)C1. The molecule has 2 aromatic carbocycles. The third-order valence-electron chi connectivity index (χ3n) is 7.89. The first-order chi connectivity index (χ1) is 22.6. The number of halogens is 4. The molecule has 0 radical (unpaired) electrons. The number of anilines is 3. The number of nitrogens with one attached hydrogen (secondary N) is 4. The number of hydrogen-bond acceptors (Lipinski definition) is 8. The van der Waals surface area contributed by atoms with Crippen LogP contribution in [0.15, 0.2) is 55.0 Å². The number of hydrogen-bond donors (Lipinski definition) is 5. The number of likely N-dealkylation sites (tertiary alicyclic amines) is 2. The van der Waals surface area contributed by atoms with E-state index in [0.29, 0.717) is 33.2 Å². The Morgan fingerprint density at radius 1 is 0.809 bits per heavy atom. The van der Waals surface area contributed by atoms with Gasteiger partial charge in [0.05, 0.1) is 18.5 Å². The lowest BCUT2D eigenvalue weighted by Crippen LogP contribution is -2.47. The summed E-state index contributed by atoms with van der Waals surface area (Å²) in [4.78, 5) is 40.0. The Hall–Kier alpha value is -3.48. The van der Waals surface area contributed by atoms with Gasteiger partial charge < -0.3 is 36.5 Å². The molecule has 11 nitrogen and oxygen atoms in total. The number of H-pyrrole nitrogens is 1. The molecule has 15 heteroatoms. The van der Waals surface area contributed by atoms with Crippen molar-refractivity contribution in [1.29, 1.82) is 0 Å². The van der Waals surface area contributed by atoms with Gasteiger partial charge in [-0.3, -0.25) is 9.59 Å². The number of carbonyl (C=O) groups excluding carboxylic acids is 2. The lowest BCUT2D eigenvalue weighted by atomic mass is 10.1. The molecule has 6 N–H and O–H groups in total. The number of benzene rings is 2. The summed E-state index contributed by atoms with van der Waals surface area (Å²) in [6.45, 7) is 3.22. The number of nitrogens with two attached hydrogens (primary N) is 1. The number of amides is 2. The minimum Gasteiger partial charge on any atom is -0.376 e. The quantitative estimate of drug-likeness (QED) is 0.146. The van der Waals surface area contributed by atoms with Crippen molar-refractivity contribution in [3.8, 4) is 0 Å². The van der Waals surface area contributed by atoms with Gasteiger partial charge in [0.1, 0.15) is 17.8 Å². The lowest BCUT2D eigenvalue weighted by Gasteiger charge is -2.33. The van der Waals surface area contributed by atoms with Gasteiger partial charge in [-0.2, -0.15) is 0 Å². The predicted molar refractivity (Wildman–Crippen MR) is 191 cm³/mol. The van der Waals surface area contributed by atoms with Gasteiger partial charge in [0, 0.05) is 75.9 Å². The number of fused-ring (bicyclic) bond motifs is 1. The van der Waals surface area contributed by atoms with Crippen molar-refractivity contribution in [3.63, 3.8) is 0 Å². The predicted octanol–water partition coefficient (Wildman–Crippen LogP) is 6.13. The lowest BCUT2D eigenvalue weighted by molar-refractivity contribution is -0.131. The fourth-order valence-corrected chi connectivity index (χ4v) is 6.68. The average molecular weight is 722 g/mol. The first-order valence-corrected chi connectivity index (χ1v) is 16.9. The average Bonchev–Trinajstić information content (AvgIpc) is 3.52. The summed E-state index contributed by atoms with van der Waals surface area (Å²) in [5.74, 6) is 0.876. The molecule has 47 heavy (non-hydrogen) atoms. The number of carbonyl (C=O) groups is 2. The van der Waals surface area contributed by atoms with Gasteiger partial charge in [0.25, 0.3) is 0 Å². The number of rotatable bonds is 8. The summed E-state index contributed by atoms with van der Waals surface area (Å²) in [6, 6.07) is 12.5. The van der Waals surface area contributed by atoms with Crippen LogP contribution < -0.4 is 21.7 Å². The van der Waals surface area contributed by atoms with E-state index in [4.69, 9.17) is 52.1 Å². The van der Waals surface area contributed by atoms with Crippen molar-refractivity contribution < 1.29 is 9.59 Å². The monoisotopic (exact) mass is 719 g/mol. The van der Waals surface area contributed by atoms with Crippen LogP contribution in [0.3, 0.4) is 0 Å². The highest BCUT2D eigenvalue weighted by Gasteiger charge is 2.24. The van der Waals surface area contributed by atoms with Crippen molar-refractivity contribution in [3.05, 3.63) is 75.1 Å². The Balaban J connectivity index is 0.000000199. The first kappa shape index (κ1) is 34.8. The molecular weight excluding hydrogens is 684 g/mol. The van der Waals surface area contributed by atoms with Gasteiger partial charge in [-0.15, -0.1) is 0 Å². The Bertz CT molecular complexity index is 1650. The van der Waals surface area contributed by atoms with Gasteiger partial charge in [0.2, 0.25) is 11.8 Å². The highest BCUT2D eigenvalue weighted by Crippen LogP contribution is 2.24. The Kier molecular flexibility index (Phi) is 12.3. The number of aromatic nitrogens is 3. The highest BCUT2D eigenvalue weighted by atomic mass is 35.5. The van der Waals surface area contributed by atoms with E-state index in [2.05, 4.69) is 30.9 Å². The maximum Gasteiger partial charge on any atom is 0.241 e. The highest BCUT2D eigenvalue weighted by molar-refractivity contribution is 6.35. The molecule has 2 atom stereocenters. The van der Waals surface area contributed by atoms with Crippen LogP contribution in [0.4, 0.5) is 17.2 Å². The van der Waals surface area contributed by atoms with Crippen LogP contribution in [0.1, 0.15) is 25.7 Å². The van der Waals surface area contributed by atoms with E-state index in [1.54, 1.807) is 41.3 Å². The van der Waals surface area contributed by atoms with Gasteiger partial charge >= 0.3 is 0 Å². The van der Waals surface area contributed by atoms with E-state index in [0.717, 1.165) is 67.0 Å². The summed E-state index contributed by atoms with van der Waals surface area (Å²) >= 11 is 23.8. The molecule has 2 aliphatic rings. The smallest absolute Gasteiger partial charge is 0.241 e. The molecule has 2 aromatic heterocycles. The minimum absolute atomic E-state index is 0.0390. The molecule has 2 fully saturated rings. The van der Waals surface area contributed by atoms with E-state index >= 15 is 0 Å². The summed E-state index contributed by atoms with van der Waals surface area (Å²) in [5, 5.41) is 12.7. The fourth-order valence-electron chi connectivity index (χ4n) is 5.63. The minimum atomic E-state index is 0.0390. The van der Waals surface area contributed by atoms with Crippen LogP contribution in [0.2, 0.25) is 20.1 Å². The van der Waals surface area contributed by atoms with Crippen LogP contribution >= 0.6 is 46.4 Å². The molecule has 6 rings (SSSR count). The van der Waals surface area contributed by atoms with Crippen molar-refractivity contribution in [1.82, 2.24) is 24.8 Å². The number of piperidine rings is 2. The maximum absolute atomic E-state index is 12.6. The Morgan fingerprint density at radius 3 is 1.94 bits per heavy atom. The van der Waals surface area contributed by atoms with E-state index in [1.165, 1.54) is 6.33 Å². The second kappa shape index (κ2) is 16.6. The second-order valence-electron chi connectivity index (χ2n) is 11.6. The number of aromatic amines is 1. The summed E-state index contributed by atoms with van der Waals surface area (Å²) in [6.07, 6.45) is 7.25. The molecule has 0 unspecified atom stereocenters. The van der Waals surface area contributed by atoms with Crippen LogP contribution in [0.5, 0.6) is 0 Å². The largest absolute Gasteiger partial charge is 0.376 e. The third-order valence-corrected chi connectivity index (χ3v) is 8.76. The molecule has 2 aliphatic heterocycles. The van der Waals surface area contributed by atoms with Crippen molar-refractivity contribution in [2.24, 2.45) is 5.73 Å². The Labute approximate surface area is 293 Å². The topological polar surface area (TPSA) is 144 Å². The molecule has 4 aromatic rings. The van der Waals surface area contributed by atoms with Crippen LogP contribution in [0.25, 0.3) is 11.0 Å². The van der Waals surface area contributed by atoms with E-state index in [1.807, 2.05) is 17.2 Å². The summed E-state index contributed by atoms with van der Waals surface area (Å²) < 4.78 is 0. The van der Waals surface area contributed by atoms with Gasteiger partial charge in [-0.25, -0.2) is 9.97 Å². The van der Waals surface area contributed by atoms with E-state index < -0.39 is 0 Å². The molecule has 0 saturated carbocycles. The number of nitrogens with zero attached hydrogens (tertiary/aromatic N) is 4. The molecule has 2 saturated heterocycles. The zero-order valence-electron chi connectivity index (χ0n) is 25.6. The summed E-state index contributed by atoms with van der Waals surface area (Å²) in [7, 11) is 0. The maximum atomic E-state index is 12.6. The molecule has 0 bridgehead atoms. The van der Waals surface area contributed by atoms with Crippen molar-refractivity contribution >= 4 is 86.4 Å².